The SMILES string of the molecule is CS(=O)(=O)c1ccc(C(=O)C[n+]2ccc3ccccc3c2)cc1.FC(F)(F)c1cc([B-](c2cc(C(F)(F)F)cc(C(F)(F)F)c2)(c2cc(C(F)(F)F)cc(C(F)(F)F)c2)c2cc(C(F)(F)F)cc(C(F)(F)F)c2)cc(C(F)(F)F)c1. The fourth-order valence-corrected chi connectivity index (χ4v) is 9.12. The average Bonchev–Trinajstić information content (AvgIpc) is 3.32. The van der Waals surface area contributed by atoms with Crippen molar-refractivity contribution in [3.05, 3.63) is 190 Å². The van der Waals surface area contributed by atoms with E-state index >= 15 is 0 Å². The van der Waals surface area contributed by atoms with Gasteiger partial charge < -0.3 is 0 Å². The van der Waals surface area contributed by atoms with E-state index < -0.39 is 205 Å². The van der Waals surface area contributed by atoms with Gasteiger partial charge in [0.15, 0.2) is 22.2 Å². The van der Waals surface area contributed by atoms with E-state index in [1.807, 2.05) is 47.3 Å². The smallest absolute Gasteiger partial charge is 0.287 e. The van der Waals surface area contributed by atoms with Crippen LogP contribution in [0.4, 0.5) is 105 Å². The highest BCUT2D eigenvalue weighted by atomic mass is 32.2. The number of ketones is 1. The van der Waals surface area contributed by atoms with E-state index in [1.165, 1.54) is 12.1 Å². The van der Waals surface area contributed by atoms with Crippen LogP contribution in [0.5, 0.6) is 0 Å². The molecule has 7 rings (SSSR count). The van der Waals surface area contributed by atoms with Crippen molar-refractivity contribution in [3.63, 3.8) is 0 Å². The van der Waals surface area contributed by atoms with Gasteiger partial charge in [0.25, 0.3) is 0 Å². The van der Waals surface area contributed by atoms with Gasteiger partial charge in [-0.3, -0.25) is 4.79 Å². The van der Waals surface area contributed by atoms with E-state index in [4.69, 9.17) is 0 Å². The Hall–Kier alpha value is -7.27. The number of hydrogen-bond acceptors (Lipinski definition) is 3. The maximum Gasteiger partial charge on any atom is 0.416 e. The van der Waals surface area contributed by atoms with E-state index in [-0.39, 0.29) is 17.2 Å². The predicted octanol–water partition coefficient (Wildman–Crippen LogP) is 13.6. The third-order valence-electron chi connectivity index (χ3n) is 12.1. The van der Waals surface area contributed by atoms with Crippen LogP contribution in [0.25, 0.3) is 10.8 Å². The van der Waals surface area contributed by atoms with Gasteiger partial charge in [0, 0.05) is 23.3 Å². The van der Waals surface area contributed by atoms with E-state index in [0.717, 1.165) is 17.0 Å². The number of benzene rings is 6. The topological polar surface area (TPSA) is 55.1 Å². The summed E-state index contributed by atoms with van der Waals surface area (Å²) >= 11 is 0. The highest BCUT2D eigenvalue weighted by Crippen LogP contribution is 2.41. The molecule has 0 aliphatic heterocycles. The highest BCUT2D eigenvalue weighted by Gasteiger charge is 2.47. The second-order valence-electron chi connectivity index (χ2n) is 17.7. The maximum absolute atomic E-state index is 14.2. The molecule has 0 aliphatic carbocycles. The zero-order valence-electron chi connectivity index (χ0n) is 39.2. The molecule has 0 unspecified atom stereocenters. The lowest BCUT2D eigenvalue weighted by Crippen LogP contribution is -2.75. The molecule has 0 aliphatic rings. The Morgan fingerprint density at radius 2 is 0.650 bits per heavy atom. The van der Waals surface area contributed by atoms with E-state index in [2.05, 4.69) is 0 Å². The Balaban J connectivity index is 0.000000370. The molecule has 428 valence electrons. The Labute approximate surface area is 433 Å². The van der Waals surface area contributed by atoms with Gasteiger partial charge in [-0.15, -0.1) is 0 Å². The molecule has 6 aromatic carbocycles. The second kappa shape index (κ2) is 21.0. The van der Waals surface area contributed by atoms with Crippen molar-refractivity contribution in [3.8, 4) is 0 Å². The van der Waals surface area contributed by atoms with Gasteiger partial charge in [0.2, 0.25) is 12.3 Å². The summed E-state index contributed by atoms with van der Waals surface area (Å²) < 4.78 is 366. The fourth-order valence-electron chi connectivity index (χ4n) is 8.49. The molecular formula is C50H28BF24NO3S. The first-order valence-corrected chi connectivity index (χ1v) is 23.7. The number of carbonyl (C=O) groups is 1. The van der Waals surface area contributed by atoms with Crippen LogP contribution in [0.3, 0.4) is 0 Å². The lowest BCUT2D eigenvalue weighted by molar-refractivity contribution is -0.681. The Bertz CT molecular complexity index is 3140. The van der Waals surface area contributed by atoms with Gasteiger partial charge in [-0.1, -0.05) is 66.7 Å². The Morgan fingerprint density at radius 1 is 0.388 bits per heavy atom. The first-order chi connectivity index (χ1) is 36.2. The molecule has 0 amide bonds. The zero-order chi connectivity index (χ0) is 60.4. The standard InChI is InChI=1S/C32H12BF24.C18H16NO3S/c34-25(35,36)13-1-14(26(37,38)39)6-21(5-13)33(22-7-15(27(40,41)42)2-16(8-22)28(43,44)45,23-9-17(29(46,47)48)3-18(10-23)30(49,50)51)24-11-19(31(52,53)54)4-20(12-24)32(55,56)57;1-23(21,22)17-8-6-15(7-9-17)18(20)13-19-11-10-14-4-2-3-5-16(14)12-19/h1-12H;2-12H,13H2,1H3/q-1;+1. The van der Waals surface area contributed by atoms with Crippen LogP contribution in [0.15, 0.2) is 145 Å². The van der Waals surface area contributed by atoms with Crippen molar-refractivity contribution < 1.29 is 123 Å². The van der Waals surface area contributed by atoms with Gasteiger partial charge in [0.1, 0.15) is 6.15 Å². The molecule has 0 bridgehead atoms. The number of sulfone groups is 1. The third-order valence-corrected chi connectivity index (χ3v) is 13.2. The number of pyridine rings is 1. The average molecular weight is 1190 g/mol. The van der Waals surface area contributed by atoms with Crippen molar-refractivity contribution in [2.45, 2.75) is 60.9 Å². The summed E-state index contributed by atoms with van der Waals surface area (Å²) in [5, 5.41) is 2.18. The Kier molecular flexibility index (Phi) is 16.3. The maximum atomic E-state index is 14.2. The number of fused-ring (bicyclic) bond motifs is 1. The molecule has 1 heterocycles. The largest absolute Gasteiger partial charge is 0.416 e. The number of hydrogen-bond donors (Lipinski definition) is 0. The summed E-state index contributed by atoms with van der Waals surface area (Å²) in [6.45, 7) is 0.211. The molecule has 0 spiro atoms. The Morgan fingerprint density at radius 3 is 0.900 bits per heavy atom. The van der Waals surface area contributed by atoms with Crippen LogP contribution >= 0.6 is 0 Å². The van der Waals surface area contributed by atoms with Crippen molar-refractivity contribution in [2.24, 2.45) is 0 Å². The number of rotatable bonds is 8. The first-order valence-electron chi connectivity index (χ1n) is 21.8. The van der Waals surface area contributed by atoms with Crippen molar-refractivity contribution >= 4 is 54.4 Å². The molecule has 80 heavy (non-hydrogen) atoms. The molecule has 0 saturated carbocycles. The minimum absolute atomic E-state index is 0.0645. The zero-order valence-corrected chi connectivity index (χ0v) is 40.0. The van der Waals surface area contributed by atoms with Crippen molar-refractivity contribution in [2.75, 3.05) is 6.26 Å². The number of aromatic nitrogens is 1. The van der Waals surface area contributed by atoms with Crippen LogP contribution in [0.1, 0.15) is 54.9 Å². The quantitative estimate of drug-likeness (QED) is 0.0659. The van der Waals surface area contributed by atoms with Crippen molar-refractivity contribution in [1.29, 1.82) is 0 Å². The predicted molar refractivity (Wildman–Crippen MR) is 238 cm³/mol. The number of nitrogens with zero attached hydrogens (tertiary/aromatic N) is 1. The van der Waals surface area contributed by atoms with Gasteiger partial charge in [-0.25, -0.2) is 8.42 Å². The molecule has 4 nitrogen and oxygen atoms in total. The van der Waals surface area contributed by atoms with E-state index in [9.17, 15) is 119 Å². The molecular weight excluding hydrogens is 1160 g/mol. The molecule has 0 fully saturated rings. The van der Waals surface area contributed by atoms with Crippen LogP contribution in [0, 0.1) is 0 Å². The van der Waals surface area contributed by atoms with Gasteiger partial charge in [0.05, 0.1) is 49.4 Å². The van der Waals surface area contributed by atoms with E-state index in [1.54, 1.807) is 12.1 Å². The van der Waals surface area contributed by atoms with Gasteiger partial charge in [-0.05, 0) is 60.0 Å². The summed E-state index contributed by atoms with van der Waals surface area (Å²) in [7, 11) is -3.24. The highest BCUT2D eigenvalue weighted by molar-refractivity contribution is 7.90. The summed E-state index contributed by atoms with van der Waals surface area (Å²) in [6.07, 6.45) is -49.9. The lowest BCUT2D eigenvalue weighted by Gasteiger charge is -2.46. The molecule has 30 heteroatoms. The third kappa shape index (κ3) is 14.0. The normalized spacial score (nSPS) is 13.5. The molecule has 1 aromatic heterocycles. The summed E-state index contributed by atoms with van der Waals surface area (Å²) in [5.74, 6) is -0.0645. The number of halogens is 24. The second-order valence-corrected chi connectivity index (χ2v) is 19.7. The van der Waals surface area contributed by atoms with E-state index in [0.29, 0.717) is 5.56 Å². The lowest BCUT2D eigenvalue weighted by atomic mass is 9.12. The van der Waals surface area contributed by atoms with Gasteiger partial charge in [-0.2, -0.15) is 132 Å². The van der Waals surface area contributed by atoms with Crippen LogP contribution in [-0.4, -0.2) is 26.6 Å². The molecule has 0 saturated heterocycles. The molecule has 0 radical (unpaired) electrons. The monoisotopic (exact) mass is 1190 g/mol. The molecule has 7 aromatic rings. The van der Waals surface area contributed by atoms with Gasteiger partial charge >= 0.3 is 49.4 Å². The first kappa shape index (κ1) is 61.9. The van der Waals surface area contributed by atoms with Crippen LogP contribution in [-0.2, 0) is 65.8 Å². The fraction of sp³-hybridized carbons (Fsp3) is 0.200. The van der Waals surface area contributed by atoms with Crippen LogP contribution in [0.2, 0.25) is 0 Å². The number of alkyl halides is 24. The molecule has 0 N–H and O–H groups in total. The van der Waals surface area contributed by atoms with Crippen molar-refractivity contribution in [1.82, 2.24) is 0 Å². The summed E-state index contributed by atoms with van der Waals surface area (Å²) in [4.78, 5) is 12.6. The summed E-state index contributed by atoms with van der Waals surface area (Å²) in [6, 6.07) is 7.15. The molecule has 0 atom stereocenters. The van der Waals surface area contributed by atoms with Crippen LogP contribution < -0.4 is 26.4 Å². The number of Topliss-reactive ketones (excluding diaryl/α,β-unsaturated/α-hetero) is 1. The minimum atomic E-state index is -6.13. The summed E-state index contributed by atoms with van der Waals surface area (Å²) in [5.41, 5.74) is -29.7. The minimum Gasteiger partial charge on any atom is -0.287 e. The number of carbonyl (C=O) groups excluding carboxylic acids is 1.